The van der Waals surface area contributed by atoms with Crippen LogP contribution in [0.2, 0.25) is 0 Å². The molecule has 0 unspecified atom stereocenters. The summed E-state index contributed by atoms with van der Waals surface area (Å²) in [6.07, 6.45) is -4.48. The van der Waals surface area contributed by atoms with Gasteiger partial charge in [0.25, 0.3) is 5.24 Å². The monoisotopic (exact) mass is 300 g/mol. The highest BCUT2D eigenvalue weighted by molar-refractivity contribution is 6.68. The van der Waals surface area contributed by atoms with E-state index in [1.165, 1.54) is 24.3 Å². The molecule has 1 aromatic carbocycles. The predicted molar refractivity (Wildman–Crippen MR) is 69.3 cm³/mol. The van der Waals surface area contributed by atoms with E-state index in [4.69, 9.17) is 17.3 Å². The van der Waals surface area contributed by atoms with Gasteiger partial charge in [0.2, 0.25) is 0 Å². The molecule has 0 spiro atoms. The molecule has 104 valence electrons. The third-order valence-electron chi connectivity index (χ3n) is 2.59. The first-order valence-corrected chi connectivity index (χ1v) is 5.81. The number of alkyl halides is 3. The number of hydrogen-bond donors (Lipinski definition) is 1. The van der Waals surface area contributed by atoms with Crippen molar-refractivity contribution in [3.63, 3.8) is 0 Å². The van der Waals surface area contributed by atoms with Crippen LogP contribution in [-0.4, -0.2) is 10.2 Å². The van der Waals surface area contributed by atoms with Gasteiger partial charge in [0.05, 0.1) is 16.8 Å². The molecule has 7 heteroatoms. The Morgan fingerprint density at radius 3 is 2.50 bits per heavy atom. The molecule has 0 aliphatic rings. The van der Waals surface area contributed by atoms with Crippen LogP contribution in [-0.2, 0) is 6.18 Å². The summed E-state index contributed by atoms with van der Waals surface area (Å²) in [5, 5.41) is -0.815. The minimum Gasteiger partial charge on any atom is -0.384 e. The lowest BCUT2D eigenvalue weighted by Gasteiger charge is -2.10. The number of carbonyl (C=O) groups is 1. The zero-order valence-corrected chi connectivity index (χ0v) is 10.7. The highest BCUT2D eigenvalue weighted by atomic mass is 35.5. The standard InChI is InChI=1S/C13H8ClF3N2O/c14-12(20)9-4-5-10(18)19-11(9)7-2-1-3-8(6-7)13(15,16)17/h1-6H,(H2,18,19). The Balaban J connectivity index is 2.62. The molecule has 0 aliphatic carbocycles. The van der Waals surface area contributed by atoms with Gasteiger partial charge in [-0.2, -0.15) is 13.2 Å². The van der Waals surface area contributed by atoms with Crippen molar-refractivity contribution in [2.45, 2.75) is 6.18 Å². The second kappa shape index (κ2) is 5.13. The largest absolute Gasteiger partial charge is 0.416 e. The fourth-order valence-corrected chi connectivity index (χ4v) is 1.85. The van der Waals surface area contributed by atoms with E-state index in [2.05, 4.69) is 4.98 Å². The van der Waals surface area contributed by atoms with Gasteiger partial charge < -0.3 is 5.73 Å². The van der Waals surface area contributed by atoms with Gasteiger partial charge in [0.1, 0.15) is 5.82 Å². The number of pyridine rings is 1. The third kappa shape index (κ3) is 2.91. The molecule has 0 fully saturated rings. The maximum absolute atomic E-state index is 12.7. The summed E-state index contributed by atoms with van der Waals surface area (Å²) in [6, 6.07) is 7.13. The van der Waals surface area contributed by atoms with Crippen molar-refractivity contribution >= 4 is 22.7 Å². The first kappa shape index (κ1) is 14.3. The van der Waals surface area contributed by atoms with Crippen molar-refractivity contribution in [1.29, 1.82) is 0 Å². The van der Waals surface area contributed by atoms with E-state index in [1.807, 2.05) is 0 Å². The average Bonchev–Trinajstić information content (AvgIpc) is 2.37. The van der Waals surface area contributed by atoms with E-state index in [9.17, 15) is 18.0 Å². The number of aromatic nitrogens is 1. The van der Waals surface area contributed by atoms with Gasteiger partial charge in [-0.1, -0.05) is 12.1 Å². The second-order valence-electron chi connectivity index (χ2n) is 3.98. The minimum absolute atomic E-state index is 0.000177. The summed E-state index contributed by atoms with van der Waals surface area (Å²) in [7, 11) is 0. The summed E-state index contributed by atoms with van der Waals surface area (Å²) < 4.78 is 38.1. The SMILES string of the molecule is Nc1ccc(C(=O)Cl)c(-c2cccc(C(F)(F)F)c2)n1. The molecule has 0 atom stereocenters. The van der Waals surface area contributed by atoms with Gasteiger partial charge in [0, 0.05) is 5.56 Å². The van der Waals surface area contributed by atoms with Gasteiger partial charge in [-0.3, -0.25) is 4.79 Å². The molecule has 0 bridgehead atoms. The van der Waals surface area contributed by atoms with Crippen LogP contribution in [0.15, 0.2) is 36.4 Å². The molecule has 20 heavy (non-hydrogen) atoms. The van der Waals surface area contributed by atoms with E-state index in [1.54, 1.807) is 0 Å². The van der Waals surface area contributed by atoms with Gasteiger partial charge >= 0.3 is 6.18 Å². The summed E-state index contributed by atoms with van der Waals surface area (Å²) in [5.41, 5.74) is 4.81. The first-order valence-electron chi connectivity index (χ1n) is 5.43. The minimum atomic E-state index is -4.48. The molecule has 0 saturated heterocycles. The van der Waals surface area contributed by atoms with Gasteiger partial charge in [0.15, 0.2) is 0 Å². The molecule has 2 rings (SSSR count). The summed E-state index contributed by atoms with van der Waals surface area (Å²) in [5.74, 6) is 0.0825. The third-order valence-corrected chi connectivity index (χ3v) is 2.80. The summed E-state index contributed by atoms with van der Waals surface area (Å²) in [4.78, 5) is 15.2. The normalized spacial score (nSPS) is 11.4. The Morgan fingerprint density at radius 2 is 1.90 bits per heavy atom. The topological polar surface area (TPSA) is 56.0 Å². The van der Waals surface area contributed by atoms with Crippen molar-refractivity contribution < 1.29 is 18.0 Å². The highest BCUT2D eigenvalue weighted by Crippen LogP contribution is 2.33. The van der Waals surface area contributed by atoms with E-state index >= 15 is 0 Å². The van der Waals surface area contributed by atoms with Crippen LogP contribution in [0.4, 0.5) is 19.0 Å². The van der Waals surface area contributed by atoms with Crippen LogP contribution < -0.4 is 5.73 Å². The number of carbonyl (C=O) groups excluding carboxylic acids is 1. The Kier molecular flexibility index (Phi) is 3.67. The van der Waals surface area contributed by atoms with Crippen LogP contribution >= 0.6 is 11.6 Å². The van der Waals surface area contributed by atoms with E-state index in [-0.39, 0.29) is 22.6 Å². The fourth-order valence-electron chi connectivity index (χ4n) is 1.70. The number of hydrogen-bond acceptors (Lipinski definition) is 3. The molecule has 3 nitrogen and oxygen atoms in total. The van der Waals surface area contributed by atoms with Crippen LogP contribution in [0.25, 0.3) is 11.3 Å². The number of halogens is 4. The molecule has 0 aliphatic heterocycles. The molecule has 0 radical (unpaired) electrons. The molecular weight excluding hydrogens is 293 g/mol. The molecule has 1 aromatic heterocycles. The quantitative estimate of drug-likeness (QED) is 0.860. The maximum Gasteiger partial charge on any atom is 0.416 e. The number of benzene rings is 1. The summed E-state index contributed by atoms with van der Waals surface area (Å²) in [6.45, 7) is 0. The number of nitrogens with two attached hydrogens (primary N) is 1. The van der Waals surface area contributed by atoms with Crippen molar-refractivity contribution in [2.75, 3.05) is 5.73 Å². The van der Waals surface area contributed by atoms with Gasteiger partial charge in [-0.15, -0.1) is 0 Å². The fraction of sp³-hybridized carbons (Fsp3) is 0.0769. The van der Waals surface area contributed by atoms with Crippen LogP contribution in [0.1, 0.15) is 15.9 Å². The zero-order valence-electron chi connectivity index (χ0n) is 9.91. The van der Waals surface area contributed by atoms with E-state index in [0.717, 1.165) is 12.1 Å². The number of anilines is 1. The molecule has 2 N–H and O–H groups in total. The van der Waals surface area contributed by atoms with E-state index < -0.39 is 17.0 Å². The van der Waals surface area contributed by atoms with Crippen molar-refractivity contribution in [2.24, 2.45) is 0 Å². The lowest BCUT2D eigenvalue weighted by Crippen LogP contribution is -2.06. The first-order chi connectivity index (χ1) is 9.29. The number of rotatable bonds is 2. The average molecular weight is 301 g/mol. The molecule has 2 aromatic rings. The Hall–Kier alpha value is -2.08. The number of nitrogens with zero attached hydrogens (tertiary/aromatic N) is 1. The molecule has 0 saturated carbocycles. The van der Waals surface area contributed by atoms with Crippen LogP contribution in [0, 0.1) is 0 Å². The molecular formula is C13H8ClF3N2O. The van der Waals surface area contributed by atoms with Crippen molar-refractivity contribution in [3.8, 4) is 11.3 Å². The lowest BCUT2D eigenvalue weighted by molar-refractivity contribution is -0.137. The van der Waals surface area contributed by atoms with Crippen LogP contribution in [0.3, 0.4) is 0 Å². The zero-order chi connectivity index (χ0) is 14.9. The molecule has 1 heterocycles. The Bertz CT molecular complexity index is 671. The predicted octanol–water partition coefficient (Wildman–Crippen LogP) is 3.73. The Labute approximate surface area is 117 Å². The van der Waals surface area contributed by atoms with Crippen LogP contribution in [0.5, 0.6) is 0 Å². The lowest BCUT2D eigenvalue weighted by atomic mass is 10.0. The van der Waals surface area contributed by atoms with Crippen molar-refractivity contribution in [1.82, 2.24) is 4.98 Å². The smallest absolute Gasteiger partial charge is 0.384 e. The van der Waals surface area contributed by atoms with Crippen molar-refractivity contribution in [3.05, 3.63) is 47.5 Å². The maximum atomic E-state index is 12.7. The number of nitrogen functional groups attached to an aromatic ring is 1. The molecule has 0 amide bonds. The second-order valence-corrected chi connectivity index (χ2v) is 4.33. The highest BCUT2D eigenvalue weighted by Gasteiger charge is 2.30. The van der Waals surface area contributed by atoms with E-state index in [0.29, 0.717) is 0 Å². The Morgan fingerprint density at radius 1 is 1.20 bits per heavy atom. The van der Waals surface area contributed by atoms with Gasteiger partial charge in [-0.05, 0) is 35.9 Å². The summed E-state index contributed by atoms with van der Waals surface area (Å²) >= 11 is 5.40. The van der Waals surface area contributed by atoms with Gasteiger partial charge in [-0.25, -0.2) is 4.98 Å².